The fraction of sp³-hybridized carbons (Fsp3) is 0.562. The maximum atomic E-state index is 12.4. The highest BCUT2D eigenvalue weighted by Gasteiger charge is 2.22. The lowest BCUT2D eigenvalue weighted by Gasteiger charge is -2.23. The predicted octanol–water partition coefficient (Wildman–Crippen LogP) is 2.83. The van der Waals surface area contributed by atoms with Crippen LogP contribution in [-0.4, -0.2) is 43.1 Å². The molecule has 0 radical (unpaired) electrons. The van der Waals surface area contributed by atoms with Crippen LogP contribution in [0.4, 0.5) is 8.78 Å². The number of aliphatic imine (C=N–C) groups is 1. The summed E-state index contributed by atoms with van der Waals surface area (Å²) in [5.41, 5.74) is 6.34. The van der Waals surface area contributed by atoms with Crippen molar-refractivity contribution in [3.05, 3.63) is 28.8 Å². The number of alkyl halides is 2. The van der Waals surface area contributed by atoms with E-state index in [2.05, 4.69) is 26.9 Å². The topological polar surface area (TPSA) is 62.9 Å². The molecule has 0 bridgehead atoms. The lowest BCUT2D eigenvalue weighted by molar-refractivity contribution is -0.0504. The van der Waals surface area contributed by atoms with Crippen molar-refractivity contribution < 1.29 is 13.5 Å². The Kier molecular flexibility index (Phi) is 7.05. The average molecular weight is 361 g/mol. The summed E-state index contributed by atoms with van der Waals surface area (Å²) in [6.07, 6.45) is 2.32. The molecule has 1 aliphatic rings. The Bertz CT molecular complexity index is 571. The zero-order chi connectivity index (χ0) is 17.5. The molecule has 8 heteroatoms. The predicted molar refractivity (Wildman–Crippen MR) is 91.7 cm³/mol. The largest absolute Gasteiger partial charge is 0.434 e. The van der Waals surface area contributed by atoms with Crippen LogP contribution in [0.15, 0.2) is 23.2 Å². The van der Waals surface area contributed by atoms with E-state index in [1.807, 2.05) is 0 Å². The summed E-state index contributed by atoms with van der Waals surface area (Å²) in [7, 11) is 0. The third-order valence-electron chi connectivity index (χ3n) is 4.08. The lowest BCUT2D eigenvalue weighted by atomic mass is 10.2. The number of nitrogens with zero attached hydrogens (tertiary/aromatic N) is 2. The minimum atomic E-state index is -2.90. The maximum absolute atomic E-state index is 12.4. The fourth-order valence-electron chi connectivity index (χ4n) is 2.87. The first-order valence-electron chi connectivity index (χ1n) is 8.00. The van der Waals surface area contributed by atoms with Crippen LogP contribution in [0.3, 0.4) is 0 Å². The van der Waals surface area contributed by atoms with E-state index >= 15 is 0 Å². The highest BCUT2D eigenvalue weighted by atomic mass is 35.5. The number of rotatable bonds is 7. The molecule has 134 valence electrons. The molecule has 0 aromatic heterocycles. The molecule has 3 N–H and O–H groups in total. The van der Waals surface area contributed by atoms with Gasteiger partial charge in [-0.15, -0.1) is 0 Å². The second-order valence-electron chi connectivity index (χ2n) is 5.64. The smallest absolute Gasteiger partial charge is 0.387 e. The molecule has 0 aliphatic carbocycles. The van der Waals surface area contributed by atoms with Crippen molar-refractivity contribution in [2.75, 3.05) is 19.6 Å². The summed E-state index contributed by atoms with van der Waals surface area (Å²) < 4.78 is 29.3. The number of benzene rings is 1. The van der Waals surface area contributed by atoms with E-state index in [0.717, 1.165) is 26.1 Å². The molecule has 0 saturated carbocycles. The van der Waals surface area contributed by atoms with Crippen LogP contribution in [0.2, 0.25) is 5.02 Å². The van der Waals surface area contributed by atoms with Gasteiger partial charge in [-0.1, -0.05) is 18.5 Å². The molecule has 1 aromatic rings. The molecule has 1 aromatic carbocycles. The summed E-state index contributed by atoms with van der Waals surface area (Å²) in [6, 6.07) is 4.90. The zero-order valence-corrected chi connectivity index (χ0v) is 14.4. The molecule has 1 atom stereocenters. The van der Waals surface area contributed by atoms with Gasteiger partial charge in [-0.3, -0.25) is 4.90 Å². The fourth-order valence-corrected chi connectivity index (χ4v) is 3.07. The molecule has 0 spiro atoms. The van der Waals surface area contributed by atoms with E-state index in [1.165, 1.54) is 18.6 Å². The van der Waals surface area contributed by atoms with Crippen LogP contribution in [-0.2, 0) is 6.54 Å². The number of likely N-dealkylation sites (N-methyl/N-ethyl adjacent to an activating group) is 1. The molecule has 1 heterocycles. The van der Waals surface area contributed by atoms with E-state index < -0.39 is 6.61 Å². The van der Waals surface area contributed by atoms with E-state index in [4.69, 9.17) is 17.3 Å². The van der Waals surface area contributed by atoms with Gasteiger partial charge in [-0.25, -0.2) is 4.99 Å². The van der Waals surface area contributed by atoms with Gasteiger partial charge in [0.05, 0.1) is 6.54 Å². The number of halogens is 3. The van der Waals surface area contributed by atoms with Crippen molar-refractivity contribution in [1.82, 2.24) is 10.2 Å². The van der Waals surface area contributed by atoms with Gasteiger partial charge < -0.3 is 15.8 Å². The Morgan fingerprint density at radius 3 is 3.04 bits per heavy atom. The van der Waals surface area contributed by atoms with E-state index in [9.17, 15) is 8.78 Å². The van der Waals surface area contributed by atoms with Crippen LogP contribution >= 0.6 is 11.6 Å². The minimum Gasteiger partial charge on any atom is -0.434 e. The van der Waals surface area contributed by atoms with Gasteiger partial charge >= 0.3 is 6.61 Å². The normalized spacial score (nSPS) is 19.0. The number of hydrogen-bond donors (Lipinski definition) is 2. The Morgan fingerprint density at radius 2 is 2.33 bits per heavy atom. The number of nitrogens with one attached hydrogen (secondary N) is 1. The molecule has 1 aliphatic heterocycles. The molecule has 5 nitrogen and oxygen atoms in total. The molecule has 2 rings (SSSR count). The van der Waals surface area contributed by atoms with E-state index in [1.54, 1.807) is 6.07 Å². The summed E-state index contributed by atoms with van der Waals surface area (Å²) in [5, 5.41) is 3.53. The van der Waals surface area contributed by atoms with Gasteiger partial charge in [0.25, 0.3) is 0 Å². The summed E-state index contributed by atoms with van der Waals surface area (Å²) in [6.45, 7) is 2.20. The Labute approximate surface area is 145 Å². The number of hydrogen-bond acceptors (Lipinski definition) is 3. The highest BCUT2D eigenvalue weighted by Crippen LogP contribution is 2.25. The summed E-state index contributed by atoms with van der Waals surface area (Å²) >= 11 is 5.90. The lowest BCUT2D eigenvalue weighted by Crippen LogP contribution is -2.42. The first-order valence-corrected chi connectivity index (χ1v) is 8.38. The summed E-state index contributed by atoms with van der Waals surface area (Å²) in [5.74, 6) is 0.333. The number of likely N-dealkylation sites (tertiary alicyclic amines) is 1. The third-order valence-corrected chi connectivity index (χ3v) is 4.32. The molecule has 1 saturated heterocycles. The van der Waals surface area contributed by atoms with Gasteiger partial charge in [0.15, 0.2) is 5.96 Å². The molecule has 24 heavy (non-hydrogen) atoms. The second kappa shape index (κ2) is 9.03. The summed E-state index contributed by atoms with van der Waals surface area (Å²) in [4.78, 5) is 6.59. The highest BCUT2D eigenvalue weighted by molar-refractivity contribution is 6.30. The van der Waals surface area contributed by atoms with Crippen molar-refractivity contribution in [3.63, 3.8) is 0 Å². The van der Waals surface area contributed by atoms with Crippen molar-refractivity contribution in [2.24, 2.45) is 10.7 Å². The van der Waals surface area contributed by atoms with E-state index in [0.29, 0.717) is 16.6 Å². The van der Waals surface area contributed by atoms with Crippen LogP contribution in [0, 0.1) is 0 Å². The number of nitrogens with two attached hydrogens (primary N) is 1. The maximum Gasteiger partial charge on any atom is 0.387 e. The van der Waals surface area contributed by atoms with Crippen LogP contribution < -0.4 is 15.8 Å². The van der Waals surface area contributed by atoms with Crippen LogP contribution in [0.1, 0.15) is 25.3 Å². The molecule has 0 amide bonds. The van der Waals surface area contributed by atoms with Gasteiger partial charge in [-0.05, 0) is 44.1 Å². The van der Waals surface area contributed by atoms with Gasteiger partial charge in [0, 0.05) is 23.2 Å². The van der Waals surface area contributed by atoms with E-state index in [-0.39, 0.29) is 18.3 Å². The van der Waals surface area contributed by atoms with Gasteiger partial charge in [0.1, 0.15) is 5.75 Å². The Morgan fingerprint density at radius 1 is 1.54 bits per heavy atom. The monoisotopic (exact) mass is 360 g/mol. The Balaban J connectivity index is 1.93. The van der Waals surface area contributed by atoms with Crippen LogP contribution in [0.5, 0.6) is 5.75 Å². The van der Waals surface area contributed by atoms with Crippen molar-refractivity contribution in [3.8, 4) is 5.75 Å². The quantitative estimate of drug-likeness (QED) is 0.579. The zero-order valence-electron chi connectivity index (χ0n) is 13.6. The Hall–Kier alpha value is -1.60. The van der Waals surface area contributed by atoms with Gasteiger partial charge in [0.2, 0.25) is 0 Å². The molecule has 1 unspecified atom stereocenters. The van der Waals surface area contributed by atoms with Crippen molar-refractivity contribution in [2.45, 2.75) is 39.0 Å². The molecule has 1 fully saturated rings. The second-order valence-corrected chi connectivity index (χ2v) is 6.07. The number of guanidine groups is 1. The SMILES string of the molecule is CCN1CCCC1CNC(N)=NCc1cc(Cl)ccc1OC(F)F. The molecular formula is C16H23ClF2N4O. The van der Waals surface area contributed by atoms with Crippen LogP contribution in [0.25, 0.3) is 0 Å². The standard InChI is InChI=1S/C16H23ClF2N4O/c1-2-23-7-3-4-13(23)10-22-16(20)21-9-11-8-12(17)5-6-14(11)24-15(18)19/h5-6,8,13,15H,2-4,7,9-10H2,1H3,(H3,20,21,22). The first kappa shape index (κ1) is 18.7. The van der Waals surface area contributed by atoms with Gasteiger partial charge in [-0.2, -0.15) is 8.78 Å². The molecular weight excluding hydrogens is 338 g/mol. The van der Waals surface area contributed by atoms with Crippen molar-refractivity contribution >= 4 is 17.6 Å². The van der Waals surface area contributed by atoms with Crippen molar-refractivity contribution in [1.29, 1.82) is 0 Å². The third kappa shape index (κ3) is 5.49. The number of ether oxygens (including phenoxy) is 1. The minimum absolute atomic E-state index is 0.0545. The first-order chi connectivity index (χ1) is 11.5. The average Bonchev–Trinajstić information content (AvgIpc) is 3.00.